The van der Waals surface area contributed by atoms with E-state index >= 15 is 0 Å². The number of hydrogen-bond acceptors (Lipinski definition) is 5. The van der Waals surface area contributed by atoms with Crippen LogP contribution in [0.4, 0.5) is 18.3 Å². The number of piperidine rings is 1. The Kier molecular flexibility index (Phi) is 4.62. The number of hydrogen-bond donors (Lipinski definition) is 1. The zero-order chi connectivity index (χ0) is 13.9. The second-order valence-corrected chi connectivity index (χ2v) is 5.61. The number of nitrogens with zero attached hydrogens (tertiary/aromatic N) is 3. The maximum absolute atomic E-state index is 12.5. The van der Waals surface area contributed by atoms with Gasteiger partial charge in [0.2, 0.25) is 10.1 Å². The Morgan fingerprint density at radius 1 is 1.42 bits per heavy atom. The van der Waals surface area contributed by atoms with E-state index in [1.54, 1.807) is 0 Å². The van der Waals surface area contributed by atoms with Gasteiger partial charge in [-0.1, -0.05) is 18.3 Å². The largest absolute Gasteiger partial charge is 0.445 e. The van der Waals surface area contributed by atoms with Gasteiger partial charge in [-0.05, 0) is 31.8 Å². The van der Waals surface area contributed by atoms with Gasteiger partial charge in [-0.2, -0.15) is 13.2 Å². The van der Waals surface area contributed by atoms with Crippen LogP contribution in [0.1, 0.15) is 24.8 Å². The van der Waals surface area contributed by atoms with Gasteiger partial charge in [0.1, 0.15) is 0 Å². The highest BCUT2D eigenvalue weighted by Crippen LogP contribution is 2.35. The molecule has 8 heteroatoms. The van der Waals surface area contributed by atoms with Gasteiger partial charge in [0, 0.05) is 13.1 Å². The molecule has 2 rings (SSSR count). The van der Waals surface area contributed by atoms with Crippen LogP contribution in [0.5, 0.6) is 0 Å². The number of nitrogens with one attached hydrogen (secondary N) is 1. The number of anilines is 1. The molecule has 2 heterocycles. The standard InChI is InChI=1S/C11H17F3N4S/c1-2-15-6-8-4-3-5-18(7-8)10-17-16-9(19-10)11(12,13)14/h8,15H,2-7H2,1H3. The van der Waals surface area contributed by atoms with Crippen LogP contribution in [-0.2, 0) is 6.18 Å². The molecule has 1 aromatic heterocycles. The Balaban J connectivity index is 1.99. The minimum Gasteiger partial charge on any atom is -0.346 e. The van der Waals surface area contributed by atoms with Crippen molar-refractivity contribution in [3.05, 3.63) is 5.01 Å². The van der Waals surface area contributed by atoms with Crippen LogP contribution in [0.15, 0.2) is 0 Å². The van der Waals surface area contributed by atoms with Gasteiger partial charge in [0.25, 0.3) is 0 Å². The minimum absolute atomic E-state index is 0.383. The van der Waals surface area contributed by atoms with Crippen molar-refractivity contribution >= 4 is 16.5 Å². The number of halogens is 3. The van der Waals surface area contributed by atoms with E-state index in [0.29, 0.717) is 22.4 Å². The molecule has 1 fully saturated rings. The Morgan fingerprint density at radius 2 is 2.21 bits per heavy atom. The van der Waals surface area contributed by atoms with Gasteiger partial charge in [-0.3, -0.25) is 0 Å². The molecule has 0 saturated carbocycles. The molecule has 19 heavy (non-hydrogen) atoms. The third-order valence-corrected chi connectivity index (χ3v) is 4.16. The summed E-state index contributed by atoms with van der Waals surface area (Å²) in [4.78, 5) is 1.92. The fraction of sp³-hybridized carbons (Fsp3) is 0.818. The zero-order valence-electron chi connectivity index (χ0n) is 10.7. The molecular weight excluding hydrogens is 277 g/mol. The lowest BCUT2D eigenvalue weighted by Gasteiger charge is -2.32. The monoisotopic (exact) mass is 294 g/mol. The Hall–Kier alpha value is -0.890. The topological polar surface area (TPSA) is 41.0 Å². The number of rotatable bonds is 4. The van der Waals surface area contributed by atoms with Crippen LogP contribution < -0.4 is 10.2 Å². The van der Waals surface area contributed by atoms with Gasteiger partial charge in [-0.25, -0.2) is 0 Å². The summed E-state index contributed by atoms with van der Waals surface area (Å²) in [6.07, 6.45) is -2.31. The first-order chi connectivity index (χ1) is 9.00. The molecule has 4 nitrogen and oxygen atoms in total. The van der Waals surface area contributed by atoms with E-state index in [1.807, 2.05) is 11.8 Å². The molecule has 1 atom stereocenters. The molecule has 0 aromatic carbocycles. The molecule has 1 saturated heterocycles. The summed E-state index contributed by atoms with van der Waals surface area (Å²) in [5.41, 5.74) is 0. The highest BCUT2D eigenvalue weighted by atomic mass is 32.1. The van der Waals surface area contributed by atoms with Gasteiger partial charge in [-0.15, -0.1) is 10.2 Å². The van der Waals surface area contributed by atoms with Crippen LogP contribution in [-0.4, -0.2) is 36.4 Å². The Morgan fingerprint density at radius 3 is 2.84 bits per heavy atom. The van der Waals surface area contributed by atoms with E-state index in [1.165, 1.54) is 0 Å². The van der Waals surface area contributed by atoms with E-state index in [2.05, 4.69) is 15.5 Å². The van der Waals surface area contributed by atoms with Crippen molar-refractivity contribution in [3.63, 3.8) is 0 Å². The number of aromatic nitrogens is 2. The number of alkyl halides is 3. The fourth-order valence-electron chi connectivity index (χ4n) is 2.21. The molecule has 0 amide bonds. The van der Waals surface area contributed by atoms with Crippen molar-refractivity contribution in [2.24, 2.45) is 5.92 Å². The van der Waals surface area contributed by atoms with Crippen molar-refractivity contribution < 1.29 is 13.2 Å². The van der Waals surface area contributed by atoms with E-state index in [9.17, 15) is 13.2 Å². The van der Waals surface area contributed by atoms with Crippen molar-refractivity contribution in [1.82, 2.24) is 15.5 Å². The van der Waals surface area contributed by atoms with Gasteiger partial charge in [0.15, 0.2) is 0 Å². The van der Waals surface area contributed by atoms with Crippen LogP contribution in [0, 0.1) is 5.92 Å². The highest BCUT2D eigenvalue weighted by Gasteiger charge is 2.36. The lowest BCUT2D eigenvalue weighted by molar-refractivity contribution is -0.138. The molecule has 108 valence electrons. The van der Waals surface area contributed by atoms with Crippen LogP contribution in [0.3, 0.4) is 0 Å². The van der Waals surface area contributed by atoms with E-state index in [0.717, 1.165) is 39.0 Å². The normalized spacial score (nSPS) is 20.8. The Bertz CT molecular complexity index is 407. The molecule has 0 bridgehead atoms. The maximum Gasteiger partial charge on any atom is 0.445 e. The molecule has 1 N–H and O–H groups in total. The van der Waals surface area contributed by atoms with Crippen molar-refractivity contribution in [2.75, 3.05) is 31.1 Å². The molecule has 0 spiro atoms. The van der Waals surface area contributed by atoms with Gasteiger partial charge in [0.05, 0.1) is 0 Å². The summed E-state index contributed by atoms with van der Waals surface area (Å²) in [6, 6.07) is 0. The fourth-order valence-corrected chi connectivity index (χ4v) is 2.96. The average Bonchev–Trinajstić information content (AvgIpc) is 2.86. The molecule has 1 aliphatic heterocycles. The smallest absolute Gasteiger partial charge is 0.346 e. The van der Waals surface area contributed by atoms with E-state index in [4.69, 9.17) is 0 Å². The summed E-state index contributed by atoms with van der Waals surface area (Å²) < 4.78 is 37.5. The highest BCUT2D eigenvalue weighted by molar-refractivity contribution is 7.15. The zero-order valence-corrected chi connectivity index (χ0v) is 11.5. The van der Waals surface area contributed by atoms with Crippen molar-refractivity contribution in [3.8, 4) is 0 Å². The summed E-state index contributed by atoms with van der Waals surface area (Å²) >= 11 is 0.631. The summed E-state index contributed by atoms with van der Waals surface area (Å²) in [6.45, 7) is 5.36. The lowest BCUT2D eigenvalue weighted by Crippen LogP contribution is -2.39. The summed E-state index contributed by atoms with van der Waals surface area (Å²) in [7, 11) is 0. The van der Waals surface area contributed by atoms with Crippen molar-refractivity contribution in [2.45, 2.75) is 25.9 Å². The summed E-state index contributed by atoms with van der Waals surface area (Å²) in [5.74, 6) is 0.465. The van der Waals surface area contributed by atoms with Crippen LogP contribution in [0.25, 0.3) is 0 Å². The van der Waals surface area contributed by atoms with E-state index < -0.39 is 11.2 Å². The lowest BCUT2D eigenvalue weighted by atomic mass is 9.98. The molecule has 1 aromatic rings. The first kappa shape index (κ1) is 14.5. The summed E-state index contributed by atoms with van der Waals surface area (Å²) in [5, 5.41) is 9.71. The third kappa shape index (κ3) is 3.79. The first-order valence-electron chi connectivity index (χ1n) is 6.37. The van der Waals surface area contributed by atoms with Gasteiger partial charge >= 0.3 is 6.18 Å². The van der Waals surface area contributed by atoms with E-state index in [-0.39, 0.29) is 0 Å². The van der Waals surface area contributed by atoms with Crippen LogP contribution in [0.2, 0.25) is 0 Å². The molecular formula is C11H17F3N4S. The molecule has 1 unspecified atom stereocenters. The second-order valence-electron chi connectivity index (χ2n) is 4.65. The molecule has 0 radical (unpaired) electrons. The van der Waals surface area contributed by atoms with Crippen molar-refractivity contribution in [1.29, 1.82) is 0 Å². The quantitative estimate of drug-likeness (QED) is 0.925. The second kappa shape index (κ2) is 6.04. The minimum atomic E-state index is -4.39. The molecule has 1 aliphatic rings. The predicted molar refractivity (Wildman–Crippen MR) is 68.4 cm³/mol. The third-order valence-electron chi connectivity index (χ3n) is 3.13. The Labute approximate surface area is 114 Å². The SMILES string of the molecule is CCNCC1CCCN(c2nnc(C(F)(F)F)s2)C1. The van der Waals surface area contributed by atoms with Gasteiger partial charge < -0.3 is 10.2 Å². The first-order valence-corrected chi connectivity index (χ1v) is 7.18. The maximum atomic E-state index is 12.5. The van der Waals surface area contributed by atoms with Crippen LogP contribution >= 0.6 is 11.3 Å². The predicted octanol–water partition coefficient (Wildman–Crippen LogP) is 2.38. The molecule has 0 aliphatic carbocycles. The average molecular weight is 294 g/mol.